The normalized spacial score (nSPS) is 12.9. The van der Waals surface area contributed by atoms with E-state index in [1.165, 1.54) is 12.1 Å². The first-order valence-electron chi connectivity index (χ1n) is 4.17. The van der Waals surface area contributed by atoms with Crippen molar-refractivity contribution in [3.63, 3.8) is 0 Å². The van der Waals surface area contributed by atoms with Gasteiger partial charge in [-0.15, -0.1) is 11.6 Å². The summed E-state index contributed by atoms with van der Waals surface area (Å²) in [6.45, 7) is 1.96. The summed E-state index contributed by atoms with van der Waals surface area (Å²) >= 11 is 9.14. The summed E-state index contributed by atoms with van der Waals surface area (Å²) in [5, 5.41) is 0.164. The monoisotopic (exact) mass is 264 g/mol. The second kappa shape index (κ2) is 4.97. The number of alkyl halides is 1. The van der Waals surface area contributed by atoms with Crippen LogP contribution >= 0.6 is 27.5 Å². The summed E-state index contributed by atoms with van der Waals surface area (Å²) in [5.41, 5.74) is 1.11. The average molecular weight is 266 g/mol. The second-order valence-electron chi connectivity index (χ2n) is 3.06. The highest BCUT2D eigenvalue weighted by Crippen LogP contribution is 2.20. The smallest absolute Gasteiger partial charge is 0.124 e. The van der Waals surface area contributed by atoms with Crippen LogP contribution in [0.1, 0.15) is 18.9 Å². The van der Waals surface area contributed by atoms with Gasteiger partial charge in [0.2, 0.25) is 0 Å². The molecule has 0 saturated carbocycles. The maximum Gasteiger partial charge on any atom is 0.124 e. The first-order valence-corrected chi connectivity index (χ1v) is 5.40. The van der Waals surface area contributed by atoms with E-state index >= 15 is 0 Å². The molecule has 0 N–H and O–H groups in total. The quantitative estimate of drug-likeness (QED) is 0.720. The van der Waals surface area contributed by atoms with E-state index < -0.39 is 0 Å². The maximum absolute atomic E-state index is 12.7. The maximum atomic E-state index is 12.7. The lowest BCUT2D eigenvalue weighted by Crippen LogP contribution is -1.95. The molecule has 0 spiro atoms. The molecule has 3 heteroatoms. The van der Waals surface area contributed by atoms with Crippen LogP contribution in [-0.2, 0) is 6.42 Å². The molecule has 0 aromatic heterocycles. The molecule has 1 aromatic carbocycles. The van der Waals surface area contributed by atoms with Crippen molar-refractivity contribution in [3.8, 4) is 0 Å². The van der Waals surface area contributed by atoms with Crippen LogP contribution in [0.25, 0.3) is 0 Å². The lowest BCUT2D eigenvalue weighted by Gasteiger charge is -2.05. The molecule has 1 unspecified atom stereocenters. The second-order valence-corrected chi connectivity index (χ2v) is 4.65. The third-order valence-corrected chi connectivity index (χ3v) is 2.78. The number of halogens is 3. The van der Waals surface area contributed by atoms with Crippen LogP contribution in [0.15, 0.2) is 22.7 Å². The summed E-state index contributed by atoms with van der Waals surface area (Å²) in [6, 6.07) is 4.74. The third-order valence-electron chi connectivity index (χ3n) is 1.83. The van der Waals surface area contributed by atoms with Gasteiger partial charge in [0.15, 0.2) is 0 Å². The largest absolute Gasteiger partial charge is 0.207 e. The van der Waals surface area contributed by atoms with E-state index in [-0.39, 0.29) is 11.2 Å². The molecule has 0 nitrogen and oxygen atoms in total. The van der Waals surface area contributed by atoms with Crippen molar-refractivity contribution >= 4 is 27.5 Å². The number of hydrogen-bond acceptors (Lipinski definition) is 0. The van der Waals surface area contributed by atoms with Crippen molar-refractivity contribution in [2.45, 2.75) is 25.1 Å². The van der Waals surface area contributed by atoms with Crippen molar-refractivity contribution in [1.29, 1.82) is 0 Å². The van der Waals surface area contributed by atoms with Crippen LogP contribution in [0.2, 0.25) is 0 Å². The Labute approximate surface area is 91.2 Å². The van der Waals surface area contributed by atoms with Gasteiger partial charge in [0.05, 0.1) is 0 Å². The zero-order valence-corrected chi connectivity index (χ0v) is 9.70. The van der Waals surface area contributed by atoms with Crippen LogP contribution in [0.3, 0.4) is 0 Å². The van der Waals surface area contributed by atoms with E-state index in [9.17, 15) is 4.39 Å². The molecule has 0 saturated heterocycles. The SMILES string of the molecule is CC(Cl)CCc1ccc(F)cc1Br. The first-order chi connectivity index (χ1) is 6.09. The Hall–Kier alpha value is -0.0800. The third kappa shape index (κ3) is 3.65. The molecular formula is C10H11BrClF. The van der Waals surface area contributed by atoms with Gasteiger partial charge in [0, 0.05) is 9.85 Å². The van der Waals surface area contributed by atoms with Gasteiger partial charge in [-0.1, -0.05) is 22.0 Å². The van der Waals surface area contributed by atoms with E-state index in [0.29, 0.717) is 0 Å². The molecule has 0 fully saturated rings. The van der Waals surface area contributed by atoms with Gasteiger partial charge in [-0.2, -0.15) is 0 Å². The van der Waals surface area contributed by atoms with Gasteiger partial charge in [-0.25, -0.2) is 4.39 Å². The lowest BCUT2D eigenvalue weighted by molar-refractivity contribution is 0.625. The molecule has 0 amide bonds. The first kappa shape index (κ1) is 11.0. The number of aryl methyl sites for hydroxylation is 1. The highest BCUT2D eigenvalue weighted by molar-refractivity contribution is 9.10. The minimum absolute atomic E-state index is 0.164. The van der Waals surface area contributed by atoms with Gasteiger partial charge < -0.3 is 0 Å². The van der Waals surface area contributed by atoms with Crippen LogP contribution in [-0.4, -0.2) is 5.38 Å². The Morgan fingerprint density at radius 2 is 2.23 bits per heavy atom. The lowest BCUT2D eigenvalue weighted by atomic mass is 10.1. The fourth-order valence-corrected chi connectivity index (χ4v) is 1.74. The van der Waals surface area contributed by atoms with Crippen LogP contribution < -0.4 is 0 Å². The summed E-state index contributed by atoms with van der Waals surface area (Å²) in [4.78, 5) is 0. The van der Waals surface area contributed by atoms with Gasteiger partial charge >= 0.3 is 0 Å². The van der Waals surface area contributed by atoms with E-state index in [1.807, 2.05) is 6.92 Å². The number of hydrogen-bond donors (Lipinski definition) is 0. The van der Waals surface area contributed by atoms with Gasteiger partial charge in [-0.05, 0) is 37.5 Å². The average Bonchev–Trinajstić information content (AvgIpc) is 2.02. The molecule has 72 valence electrons. The molecule has 0 aliphatic carbocycles. The Morgan fingerprint density at radius 3 is 2.77 bits per heavy atom. The van der Waals surface area contributed by atoms with Gasteiger partial charge in [-0.3, -0.25) is 0 Å². The Morgan fingerprint density at radius 1 is 1.54 bits per heavy atom. The topological polar surface area (TPSA) is 0 Å². The highest BCUT2D eigenvalue weighted by Gasteiger charge is 2.03. The van der Waals surface area contributed by atoms with Crippen molar-refractivity contribution in [2.24, 2.45) is 0 Å². The molecule has 0 aliphatic heterocycles. The molecule has 0 radical (unpaired) electrons. The van der Waals surface area contributed by atoms with Gasteiger partial charge in [0.25, 0.3) is 0 Å². The molecule has 1 aromatic rings. The van der Waals surface area contributed by atoms with Crippen molar-refractivity contribution < 1.29 is 4.39 Å². The minimum Gasteiger partial charge on any atom is -0.207 e. The fourth-order valence-electron chi connectivity index (χ4n) is 1.08. The van der Waals surface area contributed by atoms with Crippen LogP contribution in [0, 0.1) is 5.82 Å². The van der Waals surface area contributed by atoms with Crippen molar-refractivity contribution in [1.82, 2.24) is 0 Å². The molecule has 0 bridgehead atoms. The van der Waals surface area contributed by atoms with E-state index in [0.717, 1.165) is 22.9 Å². The summed E-state index contributed by atoms with van der Waals surface area (Å²) < 4.78 is 13.5. The van der Waals surface area contributed by atoms with E-state index in [4.69, 9.17) is 11.6 Å². The zero-order chi connectivity index (χ0) is 9.84. The van der Waals surface area contributed by atoms with Crippen LogP contribution in [0.4, 0.5) is 4.39 Å². The van der Waals surface area contributed by atoms with E-state index in [2.05, 4.69) is 15.9 Å². The van der Waals surface area contributed by atoms with Gasteiger partial charge in [0.1, 0.15) is 5.82 Å². The van der Waals surface area contributed by atoms with E-state index in [1.54, 1.807) is 6.07 Å². The molecule has 0 heterocycles. The van der Waals surface area contributed by atoms with Crippen LogP contribution in [0.5, 0.6) is 0 Å². The Balaban J connectivity index is 2.67. The molecule has 0 aliphatic rings. The summed E-state index contributed by atoms with van der Waals surface area (Å²) in [5.74, 6) is -0.213. The summed E-state index contributed by atoms with van der Waals surface area (Å²) in [6.07, 6.45) is 1.79. The number of rotatable bonds is 3. The summed E-state index contributed by atoms with van der Waals surface area (Å²) in [7, 11) is 0. The molecular weight excluding hydrogens is 254 g/mol. The zero-order valence-electron chi connectivity index (χ0n) is 7.36. The highest BCUT2D eigenvalue weighted by atomic mass is 79.9. The predicted molar refractivity (Wildman–Crippen MR) is 57.7 cm³/mol. The molecule has 1 rings (SSSR count). The minimum atomic E-state index is -0.213. The number of benzene rings is 1. The van der Waals surface area contributed by atoms with Crippen molar-refractivity contribution in [3.05, 3.63) is 34.1 Å². The standard InChI is InChI=1S/C10H11BrClF/c1-7(12)2-3-8-4-5-9(13)6-10(8)11/h4-7H,2-3H2,1H3. The Kier molecular flexibility index (Phi) is 4.20. The molecule has 1 atom stereocenters. The predicted octanol–water partition coefficient (Wildman–Crippen LogP) is 4.15. The molecule has 13 heavy (non-hydrogen) atoms. The Bertz CT molecular complexity index is 286. The fraction of sp³-hybridized carbons (Fsp3) is 0.400. The van der Waals surface area contributed by atoms with Crippen molar-refractivity contribution in [2.75, 3.05) is 0 Å².